The van der Waals surface area contributed by atoms with Gasteiger partial charge in [0.1, 0.15) is 5.65 Å². The molecule has 18 heavy (non-hydrogen) atoms. The molecular weight excluding hydrogens is 224 g/mol. The molecule has 2 rings (SSSR count). The summed E-state index contributed by atoms with van der Waals surface area (Å²) in [6.45, 7) is 9.98. The summed E-state index contributed by atoms with van der Waals surface area (Å²) in [6.07, 6.45) is 7.56. The topological polar surface area (TPSA) is 46.6 Å². The first-order valence-corrected chi connectivity index (χ1v) is 5.90. The minimum atomic E-state index is 0.737. The molecule has 0 atom stereocenters. The fourth-order valence-corrected chi connectivity index (χ4v) is 1.96. The molecule has 0 aliphatic rings. The number of pyridine rings is 1. The second-order valence-corrected chi connectivity index (χ2v) is 4.21. The van der Waals surface area contributed by atoms with Crippen molar-refractivity contribution < 1.29 is 0 Å². The number of anilines is 1. The predicted molar refractivity (Wildman–Crippen MR) is 75.3 cm³/mol. The van der Waals surface area contributed by atoms with Gasteiger partial charge >= 0.3 is 0 Å². The first-order chi connectivity index (χ1) is 8.74. The summed E-state index contributed by atoms with van der Waals surface area (Å²) < 4.78 is 2.02. The Labute approximate surface area is 107 Å². The molecule has 0 unspecified atom stereocenters. The molecule has 0 fully saturated rings. The van der Waals surface area contributed by atoms with Crippen LogP contribution in [0.3, 0.4) is 0 Å². The second-order valence-electron chi connectivity index (χ2n) is 4.21. The normalized spacial score (nSPS) is 10.9. The zero-order valence-electron chi connectivity index (χ0n) is 10.4. The van der Waals surface area contributed by atoms with E-state index in [0.29, 0.717) is 0 Å². The third-order valence-electron chi connectivity index (χ3n) is 2.77. The number of nitrogens with two attached hydrogens (primary N) is 1. The van der Waals surface area contributed by atoms with Gasteiger partial charge in [-0.15, -0.1) is 13.2 Å². The van der Waals surface area contributed by atoms with Crippen LogP contribution >= 0.6 is 0 Å². The minimum absolute atomic E-state index is 0.737. The first-order valence-electron chi connectivity index (χ1n) is 5.90. The van der Waals surface area contributed by atoms with Gasteiger partial charge < -0.3 is 10.1 Å². The Bertz CT molecular complexity index is 546. The number of hydrogen-bond acceptors (Lipinski definition) is 3. The largest absolute Gasteiger partial charge is 0.398 e. The average Bonchev–Trinajstić information content (AvgIpc) is 2.73. The molecule has 94 valence electrons. The van der Waals surface area contributed by atoms with Crippen molar-refractivity contribution in [2.24, 2.45) is 0 Å². The molecule has 0 spiro atoms. The third-order valence-corrected chi connectivity index (χ3v) is 2.77. The van der Waals surface area contributed by atoms with E-state index < -0.39 is 0 Å². The molecular formula is C14H18N4. The number of fused-ring (bicyclic) bond motifs is 1. The molecule has 2 aromatic heterocycles. The third kappa shape index (κ3) is 2.60. The summed E-state index contributed by atoms with van der Waals surface area (Å²) in [4.78, 5) is 6.59. The van der Waals surface area contributed by atoms with Gasteiger partial charge in [0.15, 0.2) is 0 Å². The van der Waals surface area contributed by atoms with E-state index in [9.17, 15) is 0 Å². The average molecular weight is 242 g/mol. The maximum absolute atomic E-state index is 5.81. The van der Waals surface area contributed by atoms with Crippen LogP contribution in [0.1, 0.15) is 5.69 Å². The molecule has 0 saturated heterocycles. The highest BCUT2D eigenvalue weighted by atomic mass is 15.1. The number of nitrogen functional groups attached to an aromatic ring is 1. The van der Waals surface area contributed by atoms with Gasteiger partial charge in [-0.2, -0.15) is 0 Å². The quantitative estimate of drug-likeness (QED) is 0.789. The van der Waals surface area contributed by atoms with Crippen LogP contribution in [0.4, 0.5) is 5.69 Å². The van der Waals surface area contributed by atoms with E-state index in [4.69, 9.17) is 5.73 Å². The molecule has 0 aliphatic heterocycles. The van der Waals surface area contributed by atoms with E-state index in [-0.39, 0.29) is 0 Å². The van der Waals surface area contributed by atoms with Gasteiger partial charge in [-0.05, 0) is 12.1 Å². The smallest absolute Gasteiger partial charge is 0.137 e. The fraction of sp³-hybridized carbons (Fsp3) is 0.214. The highest BCUT2D eigenvalue weighted by Crippen LogP contribution is 2.12. The van der Waals surface area contributed by atoms with E-state index in [1.54, 1.807) is 0 Å². The van der Waals surface area contributed by atoms with Gasteiger partial charge in [0.05, 0.1) is 11.9 Å². The summed E-state index contributed by atoms with van der Waals surface area (Å²) in [5, 5.41) is 0. The van der Waals surface area contributed by atoms with Crippen molar-refractivity contribution >= 4 is 11.3 Å². The Kier molecular flexibility index (Phi) is 3.79. The predicted octanol–water partition coefficient (Wildman–Crippen LogP) is 2.09. The molecule has 0 saturated carbocycles. The molecule has 4 heteroatoms. The summed E-state index contributed by atoms with van der Waals surface area (Å²) in [5.41, 5.74) is 8.57. The molecule has 2 N–H and O–H groups in total. The van der Waals surface area contributed by atoms with E-state index in [1.165, 1.54) is 0 Å². The molecule has 0 radical (unpaired) electrons. The maximum atomic E-state index is 5.81. The number of nitrogens with zero attached hydrogens (tertiary/aromatic N) is 3. The van der Waals surface area contributed by atoms with Gasteiger partial charge in [0.25, 0.3) is 0 Å². The molecule has 4 nitrogen and oxygen atoms in total. The van der Waals surface area contributed by atoms with E-state index in [0.717, 1.165) is 36.7 Å². The number of rotatable bonds is 6. The zero-order chi connectivity index (χ0) is 13.0. The van der Waals surface area contributed by atoms with Crippen LogP contribution in [-0.2, 0) is 6.54 Å². The number of hydrogen-bond donors (Lipinski definition) is 1. The lowest BCUT2D eigenvalue weighted by Crippen LogP contribution is -2.24. The van der Waals surface area contributed by atoms with Crippen molar-refractivity contribution in [3.8, 4) is 0 Å². The van der Waals surface area contributed by atoms with Crippen molar-refractivity contribution in [1.29, 1.82) is 0 Å². The van der Waals surface area contributed by atoms with Crippen molar-refractivity contribution in [2.45, 2.75) is 6.54 Å². The molecule has 0 aliphatic carbocycles. The van der Waals surface area contributed by atoms with E-state index in [1.807, 2.05) is 41.1 Å². The Morgan fingerprint density at radius 2 is 2.00 bits per heavy atom. The van der Waals surface area contributed by atoms with Crippen molar-refractivity contribution in [2.75, 3.05) is 18.8 Å². The van der Waals surface area contributed by atoms with Crippen molar-refractivity contribution in [3.63, 3.8) is 0 Å². The summed E-state index contributed by atoms with van der Waals surface area (Å²) in [5.74, 6) is 0. The highest BCUT2D eigenvalue weighted by Gasteiger charge is 2.07. The van der Waals surface area contributed by atoms with Crippen LogP contribution < -0.4 is 5.73 Å². The van der Waals surface area contributed by atoms with Crippen LogP contribution in [0.5, 0.6) is 0 Å². The SMILES string of the molecule is C=CCN(CC=C)Cc1cnc2ccc(N)cn12. The van der Waals surface area contributed by atoms with Crippen molar-refractivity contribution in [1.82, 2.24) is 14.3 Å². The second kappa shape index (κ2) is 5.51. The minimum Gasteiger partial charge on any atom is -0.398 e. The first kappa shape index (κ1) is 12.4. The zero-order valence-corrected chi connectivity index (χ0v) is 10.4. The highest BCUT2D eigenvalue weighted by molar-refractivity contribution is 5.48. The molecule has 2 heterocycles. The van der Waals surface area contributed by atoms with Gasteiger partial charge in [-0.3, -0.25) is 4.90 Å². The van der Waals surface area contributed by atoms with E-state index >= 15 is 0 Å². The maximum Gasteiger partial charge on any atom is 0.137 e. The lowest BCUT2D eigenvalue weighted by atomic mass is 10.3. The van der Waals surface area contributed by atoms with Gasteiger partial charge in [-0.1, -0.05) is 12.2 Å². The monoisotopic (exact) mass is 242 g/mol. The molecule has 0 amide bonds. The standard InChI is InChI=1S/C14H18N4/c1-3-7-17(8-4-2)11-13-9-16-14-6-5-12(15)10-18(13)14/h3-6,9-10H,1-2,7-8,11,15H2. The lowest BCUT2D eigenvalue weighted by molar-refractivity contribution is 0.322. The van der Waals surface area contributed by atoms with E-state index in [2.05, 4.69) is 23.0 Å². The molecule has 0 aromatic carbocycles. The van der Waals surface area contributed by atoms with Crippen molar-refractivity contribution in [3.05, 3.63) is 55.5 Å². The Hall–Kier alpha value is -2.07. The fourth-order valence-electron chi connectivity index (χ4n) is 1.96. The Balaban J connectivity index is 2.26. The molecule has 0 bridgehead atoms. The Morgan fingerprint density at radius 1 is 1.28 bits per heavy atom. The van der Waals surface area contributed by atoms with Gasteiger partial charge in [0, 0.05) is 31.5 Å². The van der Waals surface area contributed by atoms with Crippen LogP contribution in [0, 0.1) is 0 Å². The van der Waals surface area contributed by atoms with Crippen LogP contribution in [0.2, 0.25) is 0 Å². The summed E-state index contributed by atoms with van der Waals surface area (Å²) >= 11 is 0. The van der Waals surface area contributed by atoms with Gasteiger partial charge in [-0.25, -0.2) is 4.98 Å². The van der Waals surface area contributed by atoms with Crippen LogP contribution in [0.25, 0.3) is 5.65 Å². The van der Waals surface area contributed by atoms with Gasteiger partial charge in [0.2, 0.25) is 0 Å². The summed E-state index contributed by atoms with van der Waals surface area (Å²) in [6, 6.07) is 3.78. The number of imidazole rings is 1. The lowest BCUT2D eigenvalue weighted by Gasteiger charge is -2.18. The van der Waals surface area contributed by atoms with Crippen LogP contribution in [-0.4, -0.2) is 27.4 Å². The van der Waals surface area contributed by atoms with Crippen LogP contribution in [0.15, 0.2) is 49.8 Å². The molecule has 2 aromatic rings. The Morgan fingerprint density at radius 3 is 2.67 bits per heavy atom. The number of aromatic nitrogens is 2. The summed E-state index contributed by atoms with van der Waals surface area (Å²) in [7, 11) is 0.